The van der Waals surface area contributed by atoms with Crippen LogP contribution in [0.1, 0.15) is 29.0 Å². The minimum absolute atomic E-state index is 0.0488. The second-order valence-corrected chi connectivity index (χ2v) is 5.27. The highest BCUT2D eigenvalue weighted by molar-refractivity contribution is 5.94. The smallest absolute Gasteiger partial charge is 0.254 e. The molecule has 2 heterocycles. The molecule has 0 unspecified atom stereocenters. The third kappa shape index (κ3) is 3.11. The molecule has 1 N–H and O–H groups in total. The zero-order chi connectivity index (χ0) is 16.2. The van der Waals surface area contributed by atoms with E-state index in [0.717, 1.165) is 17.0 Å². The van der Waals surface area contributed by atoms with Gasteiger partial charge < -0.3 is 4.90 Å². The molecule has 1 aromatic carbocycles. The van der Waals surface area contributed by atoms with Gasteiger partial charge in [-0.1, -0.05) is 12.1 Å². The molecule has 0 aliphatic rings. The number of aromatic nitrogens is 4. The van der Waals surface area contributed by atoms with Crippen molar-refractivity contribution in [3.8, 4) is 11.3 Å². The molecular weight excluding hydrogens is 290 g/mol. The molecule has 0 fully saturated rings. The molecule has 1 atom stereocenters. The zero-order valence-corrected chi connectivity index (χ0v) is 13.0. The van der Waals surface area contributed by atoms with Gasteiger partial charge in [-0.3, -0.25) is 9.89 Å². The summed E-state index contributed by atoms with van der Waals surface area (Å²) in [5, 5.41) is 6.83. The molecule has 0 aliphatic carbocycles. The lowest BCUT2D eigenvalue weighted by molar-refractivity contribution is 0.0739. The Kier molecular flexibility index (Phi) is 4.14. The first-order chi connectivity index (χ1) is 11.2. The quantitative estimate of drug-likeness (QED) is 0.804. The van der Waals surface area contributed by atoms with E-state index in [1.807, 2.05) is 43.3 Å². The van der Waals surface area contributed by atoms with E-state index in [-0.39, 0.29) is 11.9 Å². The van der Waals surface area contributed by atoms with Gasteiger partial charge in [0.05, 0.1) is 17.4 Å². The highest BCUT2D eigenvalue weighted by atomic mass is 16.2. The molecule has 116 valence electrons. The fourth-order valence-electron chi connectivity index (χ4n) is 2.33. The van der Waals surface area contributed by atoms with E-state index in [1.165, 1.54) is 6.33 Å². The topological polar surface area (TPSA) is 74.8 Å². The lowest BCUT2D eigenvalue weighted by Crippen LogP contribution is -2.30. The highest BCUT2D eigenvalue weighted by Crippen LogP contribution is 2.21. The SMILES string of the molecule is C[C@@H](c1ccncn1)N(C)C(=O)c1ccc(-c2ccn[nH]2)cc1. The first-order valence-corrected chi connectivity index (χ1v) is 7.29. The number of hydrogen-bond donors (Lipinski definition) is 1. The summed E-state index contributed by atoms with van der Waals surface area (Å²) in [6.45, 7) is 1.94. The molecular formula is C17H17N5O. The van der Waals surface area contributed by atoms with Gasteiger partial charge in [-0.05, 0) is 36.8 Å². The predicted octanol–water partition coefficient (Wildman–Crippen LogP) is 2.70. The molecule has 3 aromatic rings. The molecule has 6 heteroatoms. The fraction of sp³-hybridized carbons (Fsp3) is 0.176. The van der Waals surface area contributed by atoms with Crippen molar-refractivity contribution in [2.45, 2.75) is 13.0 Å². The van der Waals surface area contributed by atoms with Crippen LogP contribution < -0.4 is 0 Å². The van der Waals surface area contributed by atoms with Crippen molar-refractivity contribution in [3.63, 3.8) is 0 Å². The van der Waals surface area contributed by atoms with Crippen LogP contribution in [0.25, 0.3) is 11.3 Å². The van der Waals surface area contributed by atoms with Crippen molar-refractivity contribution in [2.24, 2.45) is 0 Å². The summed E-state index contributed by atoms with van der Waals surface area (Å²) < 4.78 is 0. The molecule has 0 spiro atoms. The summed E-state index contributed by atoms with van der Waals surface area (Å²) in [5.41, 5.74) is 3.36. The standard InChI is InChI=1S/C17H17N5O/c1-12(15-7-9-18-11-19-15)22(2)17(23)14-5-3-13(4-6-14)16-8-10-20-21-16/h3-12H,1-2H3,(H,20,21)/t12-/m0/s1. The van der Waals surface area contributed by atoms with Gasteiger partial charge in [-0.2, -0.15) is 5.10 Å². The molecule has 2 aromatic heterocycles. The van der Waals surface area contributed by atoms with Crippen molar-refractivity contribution in [3.05, 3.63) is 66.4 Å². The number of aromatic amines is 1. The van der Waals surface area contributed by atoms with Crippen LogP contribution in [-0.4, -0.2) is 38.0 Å². The largest absolute Gasteiger partial charge is 0.333 e. The minimum Gasteiger partial charge on any atom is -0.333 e. The lowest BCUT2D eigenvalue weighted by Gasteiger charge is -2.24. The van der Waals surface area contributed by atoms with E-state index >= 15 is 0 Å². The number of hydrogen-bond acceptors (Lipinski definition) is 4. The summed E-state index contributed by atoms with van der Waals surface area (Å²) in [6, 6.07) is 11.0. The number of benzene rings is 1. The maximum Gasteiger partial charge on any atom is 0.254 e. The number of nitrogens with one attached hydrogen (secondary N) is 1. The van der Waals surface area contributed by atoms with Crippen molar-refractivity contribution >= 4 is 5.91 Å². The van der Waals surface area contributed by atoms with E-state index in [9.17, 15) is 4.79 Å². The number of H-pyrrole nitrogens is 1. The Morgan fingerprint density at radius 2 is 1.91 bits per heavy atom. The van der Waals surface area contributed by atoms with Crippen molar-refractivity contribution in [1.29, 1.82) is 0 Å². The van der Waals surface area contributed by atoms with E-state index < -0.39 is 0 Å². The number of carbonyl (C=O) groups excluding carboxylic acids is 1. The van der Waals surface area contributed by atoms with Crippen LogP contribution in [0.5, 0.6) is 0 Å². The Morgan fingerprint density at radius 3 is 2.52 bits per heavy atom. The van der Waals surface area contributed by atoms with Crippen LogP contribution >= 0.6 is 0 Å². The van der Waals surface area contributed by atoms with E-state index in [4.69, 9.17) is 0 Å². The summed E-state index contributed by atoms with van der Waals surface area (Å²) in [6.07, 6.45) is 4.87. The molecule has 6 nitrogen and oxygen atoms in total. The van der Waals surface area contributed by atoms with Crippen LogP contribution in [0.2, 0.25) is 0 Å². The van der Waals surface area contributed by atoms with Crippen molar-refractivity contribution in [2.75, 3.05) is 7.05 Å². The van der Waals surface area contributed by atoms with Crippen LogP contribution in [0, 0.1) is 0 Å². The molecule has 0 saturated heterocycles. The van der Waals surface area contributed by atoms with Crippen LogP contribution in [0.3, 0.4) is 0 Å². The van der Waals surface area contributed by atoms with Gasteiger partial charge in [0.25, 0.3) is 5.91 Å². The second-order valence-electron chi connectivity index (χ2n) is 5.27. The highest BCUT2D eigenvalue weighted by Gasteiger charge is 2.19. The average molecular weight is 307 g/mol. The summed E-state index contributed by atoms with van der Waals surface area (Å²) in [5.74, 6) is -0.0488. The van der Waals surface area contributed by atoms with Crippen LogP contribution in [0.4, 0.5) is 0 Å². The Labute approximate surface area is 134 Å². The van der Waals surface area contributed by atoms with Crippen LogP contribution in [0.15, 0.2) is 55.1 Å². The van der Waals surface area contributed by atoms with Gasteiger partial charge in [0.2, 0.25) is 0 Å². The summed E-state index contributed by atoms with van der Waals surface area (Å²) in [4.78, 5) is 22.4. The van der Waals surface area contributed by atoms with Gasteiger partial charge in [0.15, 0.2) is 0 Å². The van der Waals surface area contributed by atoms with Gasteiger partial charge in [-0.25, -0.2) is 9.97 Å². The Bertz CT molecular complexity index is 769. The molecule has 0 aliphatic heterocycles. The molecule has 0 radical (unpaired) electrons. The van der Waals surface area contributed by atoms with Gasteiger partial charge in [-0.15, -0.1) is 0 Å². The first-order valence-electron chi connectivity index (χ1n) is 7.29. The molecule has 0 saturated carbocycles. The summed E-state index contributed by atoms with van der Waals surface area (Å²) in [7, 11) is 1.78. The van der Waals surface area contributed by atoms with Crippen LogP contribution in [-0.2, 0) is 0 Å². The molecule has 3 rings (SSSR count). The summed E-state index contributed by atoms with van der Waals surface area (Å²) >= 11 is 0. The molecule has 1 amide bonds. The normalized spacial score (nSPS) is 11.9. The number of nitrogens with zero attached hydrogens (tertiary/aromatic N) is 4. The predicted molar refractivity (Wildman–Crippen MR) is 86.6 cm³/mol. The third-order valence-corrected chi connectivity index (χ3v) is 3.88. The van der Waals surface area contributed by atoms with E-state index in [2.05, 4.69) is 20.2 Å². The monoisotopic (exact) mass is 307 g/mol. The van der Waals surface area contributed by atoms with E-state index in [0.29, 0.717) is 5.56 Å². The number of amides is 1. The third-order valence-electron chi connectivity index (χ3n) is 3.88. The zero-order valence-electron chi connectivity index (χ0n) is 13.0. The Morgan fingerprint density at radius 1 is 1.13 bits per heavy atom. The Hall–Kier alpha value is -3.02. The molecule has 23 heavy (non-hydrogen) atoms. The number of rotatable bonds is 4. The average Bonchev–Trinajstić information content (AvgIpc) is 3.15. The number of carbonyl (C=O) groups is 1. The fourth-order valence-corrected chi connectivity index (χ4v) is 2.33. The van der Waals surface area contributed by atoms with Crippen molar-refractivity contribution in [1.82, 2.24) is 25.1 Å². The Balaban J connectivity index is 1.77. The van der Waals surface area contributed by atoms with Gasteiger partial charge in [0, 0.05) is 25.0 Å². The second kappa shape index (κ2) is 6.39. The molecule has 0 bridgehead atoms. The van der Waals surface area contributed by atoms with Gasteiger partial charge >= 0.3 is 0 Å². The lowest BCUT2D eigenvalue weighted by atomic mass is 10.1. The minimum atomic E-state index is -0.127. The van der Waals surface area contributed by atoms with E-state index in [1.54, 1.807) is 24.3 Å². The first kappa shape index (κ1) is 14.9. The van der Waals surface area contributed by atoms with Crippen molar-refractivity contribution < 1.29 is 4.79 Å². The van der Waals surface area contributed by atoms with Gasteiger partial charge in [0.1, 0.15) is 6.33 Å². The maximum absolute atomic E-state index is 12.6. The maximum atomic E-state index is 12.6.